The Hall–Kier alpha value is -0.860. The van der Waals surface area contributed by atoms with Crippen LogP contribution in [-0.2, 0) is 0 Å². The Bertz CT molecular complexity index is 331. The van der Waals surface area contributed by atoms with Crippen LogP contribution in [0, 0.1) is 6.92 Å². The van der Waals surface area contributed by atoms with E-state index in [1.807, 2.05) is 31.2 Å². The highest BCUT2D eigenvalue weighted by molar-refractivity contribution is 5.31. The van der Waals surface area contributed by atoms with Crippen molar-refractivity contribution in [2.45, 2.75) is 37.8 Å². The second-order valence-corrected chi connectivity index (χ2v) is 4.29. The van der Waals surface area contributed by atoms with Crippen LogP contribution in [0.1, 0.15) is 36.4 Å². The number of rotatable bonds is 2. The van der Waals surface area contributed by atoms with E-state index >= 15 is 0 Å². The van der Waals surface area contributed by atoms with Crippen LogP contribution in [0.15, 0.2) is 24.3 Å². The summed E-state index contributed by atoms with van der Waals surface area (Å²) < 4.78 is 0. The van der Waals surface area contributed by atoms with Gasteiger partial charge in [-0.2, -0.15) is 0 Å². The van der Waals surface area contributed by atoms with E-state index in [-0.39, 0.29) is 6.04 Å². The third-order valence-electron chi connectivity index (χ3n) is 3.32. The molecule has 1 fully saturated rings. The molecule has 0 heterocycles. The van der Waals surface area contributed by atoms with Gasteiger partial charge in [0.1, 0.15) is 0 Å². The lowest BCUT2D eigenvalue weighted by Gasteiger charge is -2.42. The quantitative estimate of drug-likeness (QED) is 0.750. The van der Waals surface area contributed by atoms with Crippen molar-refractivity contribution < 1.29 is 5.11 Å². The molecule has 1 aliphatic rings. The molecule has 0 amide bonds. The van der Waals surface area contributed by atoms with Crippen molar-refractivity contribution in [2.75, 3.05) is 0 Å². The van der Waals surface area contributed by atoms with Crippen LogP contribution in [0.25, 0.3) is 0 Å². The molecular weight excluding hydrogens is 174 g/mol. The second-order valence-electron chi connectivity index (χ2n) is 4.29. The summed E-state index contributed by atoms with van der Waals surface area (Å²) >= 11 is 0. The fourth-order valence-electron chi connectivity index (χ4n) is 2.08. The van der Waals surface area contributed by atoms with Crippen LogP contribution in [0.4, 0.5) is 0 Å². The van der Waals surface area contributed by atoms with Gasteiger partial charge in [0.2, 0.25) is 0 Å². The highest BCUT2D eigenvalue weighted by Crippen LogP contribution is 2.41. The van der Waals surface area contributed by atoms with Gasteiger partial charge in [-0.15, -0.1) is 0 Å². The van der Waals surface area contributed by atoms with Gasteiger partial charge in [-0.05, 0) is 37.3 Å². The molecule has 2 rings (SSSR count). The van der Waals surface area contributed by atoms with Crippen molar-refractivity contribution in [1.29, 1.82) is 0 Å². The number of hydrogen-bond acceptors (Lipinski definition) is 2. The zero-order valence-corrected chi connectivity index (χ0v) is 8.53. The van der Waals surface area contributed by atoms with E-state index < -0.39 is 5.60 Å². The molecule has 0 saturated heterocycles. The second kappa shape index (κ2) is 3.37. The Labute approximate surface area is 84.7 Å². The largest absolute Gasteiger partial charge is 0.388 e. The lowest BCUT2D eigenvalue weighted by atomic mass is 9.72. The molecule has 1 aromatic carbocycles. The van der Waals surface area contributed by atoms with Gasteiger partial charge in [-0.25, -0.2) is 0 Å². The first-order chi connectivity index (χ1) is 6.63. The summed E-state index contributed by atoms with van der Waals surface area (Å²) in [5.41, 5.74) is 7.68. The molecular formula is C12H17NO. The van der Waals surface area contributed by atoms with Gasteiger partial charge in [-0.3, -0.25) is 0 Å². The van der Waals surface area contributed by atoms with Crippen molar-refractivity contribution in [3.05, 3.63) is 35.4 Å². The molecule has 76 valence electrons. The Kier molecular flexibility index (Phi) is 2.33. The summed E-state index contributed by atoms with van der Waals surface area (Å²) in [5, 5.41) is 10.1. The van der Waals surface area contributed by atoms with Gasteiger partial charge in [0, 0.05) is 0 Å². The molecule has 3 N–H and O–H groups in total. The first-order valence-corrected chi connectivity index (χ1v) is 5.17. The SMILES string of the molecule is Cc1ccccc1C(N)C1(O)CCC1. The summed E-state index contributed by atoms with van der Waals surface area (Å²) in [6.45, 7) is 2.04. The summed E-state index contributed by atoms with van der Waals surface area (Å²) in [4.78, 5) is 0. The first-order valence-electron chi connectivity index (χ1n) is 5.17. The van der Waals surface area contributed by atoms with E-state index in [0.29, 0.717) is 0 Å². The summed E-state index contributed by atoms with van der Waals surface area (Å²) in [6.07, 6.45) is 2.76. The van der Waals surface area contributed by atoms with Crippen LogP contribution in [0.2, 0.25) is 0 Å². The number of hydrogen-bond donors (Lipinski definition) is 2. The molecule has 1 saturated carbocycles. The molecule has 0 spiro atoms. The van der Waals surface area contributed by atoms with E-state index in [0.717, 1.165) is 24.8 Å². The monoisotopic (exact) mass is 191 g/mol. The van der Waals surface area contributed by atoms with Crippen LogP contribution < -0.4 is 5.73 Å². The molecule has 0 aliphatic heterocycles. The molecule has 0 aromatic heterocycles. The first kappa shape index (κ1) is 9.69. The van der Waals surface area contributed by atoms with Crippen LogP contribution in [0.3, 0.4) is 0 Å². The highest BCUT2D eigenvalue weighted by atomic mass is 16.3. The lowest BCUT2D eigenvalue weighted by Crippen LogP contribution is -2.47. The number of nitrogens with two attached hydrogens (primary N) is 1. The van der Waals surface area contributed by atoms with Crippen molar-refractivity contribution in [1.82, 2.24) is 0 Å². The van der Waals surface area contributed by atoms with Gasteiger partial charge in [0.25, 0.3) is 0 Å². The van der Waals surface area contributed by atoms with Crippen LogP contribution in [-0.4, -0.2) is 10.7 Å². The minimum absolute atomic E-state index is 0.225. The lowest BCUT2D eigenvalue weighted by molar-refractivity contribution is -0.0561. The molecule has 2 heteroatoms. The van der Waals surface area contributed by atoms with Gasteiger partial charge in [0.05, 0.1) is 11.6 Å². The molecule has 1 atom stereocenters. The summed E-state index contributed by atoms with van der Waals surface area (Å²) in [6, 6.07) is 7.80. The minimum Gasteiger partial charge on any atom is -0.388 e. The Morgan fingerprint density at radius 3 is 2.50 bits per heavy atom. The third-order valence-corrected chi connectivity index (χ3v) is 3.32. The van der Waals surface area contributed by atoms with Crippen molar-refractivity contribution in [3.8, 4) is 0 Å². The molecule has 1 unspecified atom stereocenters. The predicted molar refractivity (Wildman–Crippen MR) is 56.9 cm³/mol. The van der Waals surface area contributed by atoms with E-state index in [9.17, 15) is 5.11 Å². The van der Waals surface area contributed by atoms with Crippen LogP contribution in [0.5, 0.6) is 0 Å². The predicted octanol–water partition coefficient (Wildman–Crippen LogP) is 1.91. The molecule has 1 aliphatic carbocycles. The Morgan fingerprint density at radius 1 is 1.36 bits per heavy atom. The number of aliphatic hydroxyl groups is 1. The molecule has 0 radical (unpaired) electrons. The van der Waals surface area contributed by atoms with Gasteiger partial charge < -0.3 is 10.8 Å². The number of aryl methyl sites for hydroxylation is 1. The zero-order chi connectivity index (χ0) is 10.2. The topological polar surface area (TPSA) is 46.2 Å². The maximum atomic E-state index is 10.1. The van der Waals surface area contributed by atoms with Gasteiger partial charge in [0.15, 0.2) is 0 Å². The Balaban J connectivity index is 2.26. The van der Waals surface area contributed by atoms with Crippen molar-refractivity contribution in [2.24, 2.45) is 5.73 Å². The zero-order valence-electron chi connectivity index (χ0n) is 8.53. The maximum absolute atomic E-state index is 10.1. The van der Waals surface area contributed by atoms with E-state index in [1.54, 1.807) is 0 Å². The molecule has 0 bridgehead atoms. The fourth-order valence-corrected chi connectivity index (χ4v) is 2.08. The number of benzene rings is 1. The maximum Gasteiger partial charge on any atom is 0.0839 e. The molecule has 1 aromatic rings. The van der Waals surface area contributed by atoms with Crippen LogP contribution >= 0.6 is 0 Å². The molecule has 14 heavy (non-hydrogen) atoms. The van der Waals surface area contributed by atoms with Gasteiger partial charge >= 0.3 is 0 Å². The van der Waals surface area contributed by atoms with Crippen molar-refractivity contribution in [3.63, 3.8) is 0 Å². The van der Waals surface area contributed by atoms with E-state index in [1.165, 1.54) is 5.56 Å². The fraction of sp³-hybridized carbons (Fsp3) is 0.500. The minimum atomic E-state index is -0.647. The van der Waals surface area contributed by atoms with Gasteiger partial charge in [-0.1, -0.05) is 24.3 Å². The van der Waals surface area contributed by atoms with E-state index in [4.69, 9.17) is 5.73 Å². The molecule has 2 nitrogen and oxygen atoms in total. The average Bonchev–Trinajstić information content (AvgIpc) is 2.14. The highest BCUT2D eigenvalue weighted by Gasteiger charge is 2.41. The summed E-state index contributed by atoms with van der Waals surface area (Å²) in [5.74, 6) is 0. The summed E-state index contributed by atoms with van der Waals surface area (Å²) in [7, 11) is 0. The smallest absolute Gasteiger partial charge is 0.0839 e. The Morgan fingerprint density at radius 2 is 2.00 bits per heavy atom. The normalized spacial score (nSPS) is 21.4. The standard InChI is InChI=1S/C12H17NO/c1-9-5-2-3-6-10(9)11(13)12(14)7-4-8-12/h2-3,5-6,11,14H,4,7-8,13H2,1H3. The van der Waals surface area contributed by atoms with Crippen molar-refractivity contribution >= 4 is 0 Å². The average molecular weight is 191 g/mol. The third kappa shape index (κ3) is 1.45. The van der Waals surface area contributed by atoms with E-state index in [2.05, 4.69) is 0 Å².